The number of benzene rings is 1. The van der Waals surface area contributed by atoms with Crippen molar-refractivity contribution in [2.45, 2.75) is 12.8 Å². The first-order valence-electron chi connectivity index (χ1n) is 4.07. The number of alkyl halides is 1. The SMILES string of the molecule is Fc1c(F)c(F)c(CCCBr)c(F)c1F. The molecule has 0 nitrogen and oxygen atoms in total. The van der Waals surface area contributed by atoms with E-state index in [2.05, 4.69) is 15.9 Å². The number of hydrogen-bond acceptors (Lipinski definition) is 0. The zero-order chi connectivity index (χ0) is 11.6. The predicted molar refractivity (Wildman–Crippen MR) is 48.3 cm³/mol. The van der Waals surface area contributed by atoms with E-state index >= 15 is 0 Å². The molecule has 0 aliphatic rings. The fraction of sp³-hybridized carbons (Fsp3) is 0.333. The lowest BCUT2D eigenvalue weighted by atomic mass is 10.1. The van der Waals surface area contributed by atoms with Crippen LogP contribution in [0.5, 0.6) is 0 Å². The summed E-state index contributed by atoms with van der Waals surface area (Å²) in [6.45, 7) is 0. The largest absolute Gasteiger partial charge is 0.203 e. The second-order valence-electron chi connectivity index (χ2n) is 2.84. The average molecular weight is 289 g/mol. The Labute approximate surface area is 91.2 Å². The summed E-state index contributed by atoms with van der Waals surface area (Å²) >= 11 is 3.00. The molecule has 0 radical (unpaired) electrons. The summed E-state index contributed by atoms with van der Waals surface area (Å²) in [6, 6.07) is 0. The molecule has 0 aliphatic heterocycles. The molecule has 6 heteroatoms. The maximum absolute atomic E-state index is 13.0. The Morgan fingerprint density at radius 2 is 1.13 bits per heavy atom. The Balaban J connectivity index is 3.26. The molecule has 0 unspecified atom stereocenters. The van der Waals surface area contributed by atoms with Crippen molar-refractivity contribution in [2.75, 3.05) is 5.33 Å². The van der Waals surface area contributed by atoms with Crippen molar-refractivity contribution in [3.63, 3.8) is 0 Å². The lowest BCUT2D eigenvalue weighted by Gasteiger charge is -2.06. The number of hydrogen-bond donors (Lipinski definition) is 0. The normalized spacial score (nSPS) is 10.8. The van der Waals surface area contributed by atoms with E-state index in [1.165, 1.54) is 0 Å². The van der Waals surface area contributed by atoms with Crippen molar-refractivity contribution < 1.29 is 22.0 Å². The summed E-state index contributed by atoms with van der Waals surface area (Å²) in [7, 11) is 0. The Bertz CT molecular complexity index is 348. The van der Waals surface area contributed by atoms with Gasteiger partial charge in [-0.25, -0.2) is 22.0 Å². The van der Waals surface area contributed by atoms with Gasteiger partial charge in [-0.1, -0.05) is 15.9 Å². The van der Waals surface area contributed by atoms with Crippen LogP contribution in [-0.4, -0.2) is 5.33 Å². The van der Waals surface area contributed by atoms with Crippen LogP contribution in [0.1, 0.15) is 12.0 Å². The van der Waals surface area contributed by atoms with Crippen LogP contribution in [0.3, 0.4) is 0 Å². The lowest BCUT2D eigenvalue weighted by molar-refractivity contribution is 0.369. The lowest BCUT2D eigenvalue weighted by Crippen LogP contribution is -2.07. The molecular weight excluding hydrogens is 283 g/mol. The van der Waals surface area contributed by atoms with Crippen LogP contribution < -0.4 is 0 Å². The summed E-state index contributed by atoms with van der Waals surface area (Å²) in [5, 5.41) is 0.423. The van der Waals surface area contributed by atoms with E-state index in [0.29, 0.717) is 11.8 Å². The highest BCUT2D eigenvalue weighted by Gasteiger charge is 2.24. The second-order valence-corrected chi connectivity index (χ2v) is 3.63. The molecule has 0 aromatic heterocycles. The molecule has 1 aromatic carbocycles. The van der Waals surface area contributed by atoms with Gasteiger partial charge in [0.05, 0.1) is 0 Å². The molecule has 0 atom stereocenters. The Morgan fingerprint density at radius 1 is 0.733 bits per heavy atom. The first-order chi connectivity index (χ1) is 7.00. The molecule has 15 heavy (non-hydrogen) atoms. The van der Waals surface area contributed by atoms with Crippen LogP contribution in [0.25, 0.3) is 0 Å². The quantitative estimate of drug-likeness (QED) is 0.344. The summed E-state index contributed by atoms with van der Waals surface area (Å²) in [5.41, 5.74) is -0.758. The first kappa shape index (κ1) is 12.4. The average Bonchev–Trinajstić information content (AvgIpc) is 2.24. The summed E-state index contributed by atoms with van der Waals surface area (Å²) in [6.07, 6.45) is 0.0926. The first-order valence-corrected chi connectivity index (χ1v) is 5.19. The van der Waals surface area contributed by atoms with Crippen molar-refractivity contribution in [2.24, 2.45) is 0 Å². The topological polar surface area (TPSA) is 0 Å². The molecule has 1 rings (SSSR count). The molecule has 0 aliphatic carbocycles. The molecule has 0 bridgehead atoms. The minimum absolute atomic E-state index is 0.197. The van der Waals surface area contributed by atoms with Crippen LogP contribution >= 0.6 is 15.9 Å². The minimum Gasteiger partial charge on any atom is -0.203 e. The second kappa shape index (κ2) is 4.92. The van der Waals surface area contributed by atoms with E-state index in [4.69, 9.17) is 0 Å². The van der Waals surface area contributed by atoms with Gasteiger partial charge in [-0.15, -0.1) is 0 Å². The van der Waals surface area contributed by atoms with Gasteiger partial charge >= 0.3 is 0 Å². The van der Waals surface area contributed by atoms with Crippen LogP contribution in [0.2, 0.25) is 0 Å². The van der Waals surface area contributed by atoms with Crippen molar-refractivity contribution in [3.8, 4) is 0 Å². The van der Waals surface area contributed by atoms with Crippen LogP contribution in [0.15, 0.2) is 0 Å². The van der Waals surface area contributed by atoms with Crippen molar-refractivity contribution in [1.29, 1.82) is 0 Å². The van der Waals surface area contributed by atoms with E-state index < -0.39 is 34.6 Å². The van der Waals surface area contributed by atoms with Crippen LogP contribution in [-0.2, 0) is 6.42 Å². The molecule has 0 saturated carbocycles. The molecule has 84 valence electrons. The van der Waals surface area contributed by atoms with Crippen molar-refractivity contribution in [1.82, 2.24) is 0 Å². The molecule has 0 amide bonds. The molecule has 0 fully saturated rings. The standard InChI is InChI=1S/C9H6BrF5/c10-3-1-2-4-5(11)7(13)9(15)8(14)6(4)12/h1-3H2. The monoisotopic (exact) mass is 288 g/mol. The maximum atomic E-state index is 13.0. The smallest absolute Gasteiger partial charge is 0.200 e. The molecule has 0 N–H and O–H groups in total. The fourth-order valence-corrected chi connectivity index (χ4v) is 1.39. The third kappa shape index (κ3) is 2.30. The van der Waals surface area contributed by atoms with E-state index in [1.807, 2.05) is 0 Å². The molecular formula is C9H6BrF5. The Hall–Kier alpha value is -0.650. The number of rotatable bonds is 3. The zero-order valence-electron chi connectivity index (χ0n) is 7.39. The Kier molecular flexibility index (Phi) is 4.07. The highest BCUT2D eigenvalue weighted by molar-refractivity contribution is 9.09. The zero-order valence-corrected chi connectivity index (χ0v) is 8.98. The van der Waals surface area contributed by atoms with Gasteiger partial charge in [0.25, 0.3) is 0 Å². The Morgan fingerprint density at radius 3 is 1.53 bits per heavy atom. The van der Waals surface area contributed by atoms with Crippen molar-refractivity contribution in [3.05, 3.63) is 34.6 Å². The van der Waals surface area contributed by atoms with Gasteiger partial charge in [-0.05, 0) is 12.8 Å². The van der Waals surface area contributed by atoms with Gasteiger partial charge in [-0.2, -0.15) is 0 Å². The van der Waals surface area contributed by atoms with Gasteiger partial charge in [0.2, 0.25) is 5.82 Å². The number of halogens is 6. The summed E-state index contributed by atoms with van der Waals surface area (Å²) < 4.78 is 63.9. The van der Waals surface area contributed by atoms with Crippen LogP contribution in [0, 0.1) is 29.1 Å². The fourth-order valence-electron chi connectivity index (χ4n) is 1.11. The van der Waals surface area contributed by atoms with Crippen molar-refractivity contribution >= 4 is 15.9 Å². The maximum Gasteiger partial charge on any atom is 0.200 e. The van der Waals surface area contributed by atoms with Gasteiger partial charge in [-0.3, -0.25) is 0 Å². The van der Waals surface area contributed by atoms with E-state index in [9.17, 15) is 22.0 Å². The highest BCUT2D eigenvalue weighted by Crippen LogP contribution is 2.23. The van der Waals surface area contributed by atoms with Crippen LogP contribution in [0.4, 0.5) is 22.0 Å². The third-order valence-electron chi connectivity index (χ3n) is 1.86. The van der Waals surface area contributed by atoms with E-state index in [1.54, 1.807) is 0 Å². The van der Waals surface area contributed by atoms with Gasteiger partial charge < -0.3 is 0 Å². The minimum atomic E-state index is -2.12. The summed E-state index contributed by atoms with van der Waals surface area (Å²) in [5.74, 6) is -9.38. The van der Waals surface area contributed by atoms with E-state index in [0.717, 1.165) is 0 Å². The molecule has 0 heterocycles. The van der Waals surface area contributed by atoms with Gasteiger partial charge in [0.15, 0.2) is 23.3 Å². The van der Waals surface area contributed by atoms with Gasteiger partial charge in [0.1, 0.15) is 0 Å². The molecule has 1 aromatic rings. The highest BCUT2D eigenvalue weighted by atomic mass is 79.9. The third-order valence-corrected chi connectivity index (χ3v) is 2.42. The molecule has 0 saturated heterocycles. The van der Waals surface area contributed by atoms with Gasteiger partial charge in [0, 0.05) is 10.9 Å². The van der Waals surface area contributed by atoms with E-state index in [-0.39, 0.29) is 6.42 Å². The summed E-state index contributed by atoms with van der Waals surface area (Å²) in [4.78, 5) is 0. The predicted octanol–water partition coefficient (Wildman–Crippen LogP) is 3.71. The molecule has 0 spiro atoms.